The van der Waals surface area contributed by atoms with Crippen molar-refractivity contribution in [1.29, 1.82) is 0 Å². The maximum atomic E-state index is 4.62. The average molecular weight is 241 g/mol. The van der Waals surface area contributed by atoms with Gasteiger partial charge in [-0.2, -0.15) is 0 Å². The van der Waals surface area contributed by atoms with E-state index < -0.39 is 0 Å². The van der Waals surface area contributed by atoms with Crippen molar-refractivity contribution in [3.8, 4) is 0 Å². The molecule has 1 unspecified atom stereocenters. The minimum atomic E-state index is 0.572. The van der Waals surface area contributed by atoms with Crippen molar-refractivity contribution in [3.05, 3.63) is 53.6 Å². The number of aryl methyl sites for hydroxylation is 1. The summed E-state index contributed by atoms with van der Waals surface area (Å²) in [4.78, 5) is 4.62. The predicted molar refractivity (Wildman–Crippen MR) is 72.7 cm³/mol. The molecule has 94 valence electrons. The lowest BCUT2D eigenvalue weighted by molar-refractivity contribution is 0.624. The summed E-state index contributed by atoms with van der Waals surface area (Å²) in [5.41, 5.74) is 2.59. The van der Waals surface area contributed by atoms with Crippen molar-refractivity contribution in [2.75, 3.05) is 13.1 Å². The van der Waals surface area contributed by atoms with E-state index in [2.05, 4.69) is 52.1 Å². The van der Waals surface area contributed by atoms with Crippen LogP contribution in [0.1, 0.15) is 29.4 Å². The molecule has 1 atom stereocenters. The Balaban J connectivity index is 1.88. The van der Waals surface area contributed by atoms with E-state index in [-0.39, 0.29) is 0 Å². The Kier molecular flexibility index (Phi) is 3.15. The quantitative estimate of drug-likeness (QED) is 0.893. The summed E-state index contributed by atoms with van der Waals surface area (Å²) in [7, 11) is 0. The number of nitrogens with zero attached hydrogens (tertiary/aromatic N) is 2. The summed E-state index contributed by atoms with van der Waals surface area (Å²) in [6, 6.07) is 10.6. The van der Waals surface area contributed by atoms with E-state index in [1.807, 2.05) is 6.20 Å². The number of rotatable bonds is 3. The molecule has 0 radical (unpaired) electrons. The molecule has 2 heterocycles. The van der Waals surface area contributed by atoms with Crippen molar-refractivity contribution in [2.24, 2.45) is 0 Å². The van der Waals surface area contributed by atoms with Crippen LogP contribution in [-0.4, -0.2) is 22.6 Å². The van der Waals surface area contributed by atoms with Crippen molar-refractivity contribution < 1.29 is 0 Å². The fourth-order valence-corrected chi connectivity index (χ4v) is 2.65. The molecule has 1 saturated heterocycles. The molecular formula is C15H19N3. The van der Waals surface area contributed by atoms with Gasteiger partial charge in [0.25, 0.3) is 0 Å². The Labute approximate surface area is 108 Å². The topological polar surface area (TPSA) is 29.9 Å². The van der Waals surface area contributed by atoms with Crippen LogP contribution in [-0.2, 0) is 6.54 Å². The normalized spacial score (nSPS) is 19.3. The van der Waals surface area contributed by atoms with E-state index in [1.54, 1.807) is 0 Å². The second-order valence-corrected chi connectivity index (χ2v) is 5.02. The SMILES string of the molecule is Cc1cnc(C2CCNC2)n1Cc1ccccc1. The highest BCUT2D eigenvalue weighted by atomic mass is 15.1. The van der Waals surface area contributed by atoms with Gasteiger partial charge >= 0.3 is 0 Å². The zero-order valence-corrected chi connectivity index (χ0v) is 10.8. The zero-order valence-electron chi connectivity index (χ0n) is 10.8. The first-order valence-corrected chi connectivity index (χ1v) is 6.61. The van der Waals surface area contributed by atoms with Crippen molar-refractivity contribution in [2.45, 2.75) is 25.8 Å². The Hall–Kier alpha value is -1.61. The second kappa shape index (κ2) is 4.94. The number of nitrogens with one attached hydrogen (secondary N) is 1. The average Bonchev–Trinajstić information content (AvgIpc) is 3.02. The van der Waals surface area contributed by atoms with E-state index in [0.717, 1.165) is 19.6 Å². The van der Waals surface area contributed by atoms with Crippen LogP contribution in [0.4, 0.5) is 0 Å². The molecule has 3 nitrogen and oxygen atoms in total. The Morgan fingerprint density at radius 3 is 2.89 bits per heavy atom. The van der Waals surface area contributed by atoms with E-state index in [1.165, 1.54) is 23.5 Å². The highest BCUT2D eigenvalue weighted by Crippen LogP contribution is 2.23. The van der Waals surface area contributed by atoms with Crippen LogP contribution in [0.2, 0.25) is 0 Å². The molecule has 1 aliphatic heterocycles. The molecule has 3 heteroatoms. The number of hydrogen-bond acceptors (Lipinski definition) is 2. The third kappa shape index (κ3) is 2.18. The van der Waals surface area contributed by atoms with Crippen LogP contribution in [0.15, 0.2) is 36.5 Å². The molecule has 1 aromatic heterocycles. The van der Waals surface area contributed by atoms with Crippen molar-refractivity contribution in [1.82, 2.24) is 14.9 Å². The summed E-state index contributed by atoms with van der Waals surface area (Å²) in [5.74, 6) is 1.81. The van der Waals surface area contributed by atoms with Crippen LogP contribution < -0.4 is 5.32 Å². The van der Waals surface area contributed by atoms with E-state index in [9.17, 15) is 0 Å². The smallest absolute Gasteiger partial charge is 0.113 e. The molecule has 3 rings (SSSR count). The fourth-order valence-electron chi connectivity index (χ4n) is 2.65. The van der Waals surface area contributed by atoms with Gasteiger partial charge in [0.1, 0.15) is 5.82 Å². The molecule has 18 heavy (non-hydrogen) atoms. The molecule has 0 aliphatic carbocycles. The lowest BCUT2D eigenvalue weighted by atomic mass is 10.1. The number of imidazole rings is 1. The standard InChI is InChI=1S/C15H19N3/c1-12-9-17-15(14-7-8-16-10-14)18(12)11-13-5-3-2-4-6-13/h2-6,9,14,16H,7-8,10-11H2,1H3. The van der Waals surface area contributed by atoms with Crippen LogP contribution in [0.5, 0.6) is 0 Å². The molecule has 2 aromatic rings. The van der Waals surface area contributed by atoms with Gasteiger partial charge in [-0.25, -0.2) is 4.98 Å². The third-order valence-corrected chi connectivity index (χ3v) is 3.69. The molecule has 1 aromatic carbocycles. The zero-order chi connectivity index (χ0) is 12.4. The summed E-state index contributed by atoms with van der Waals surface area (Å²) in [6.45, 7) is 5.24. The summed E-state index contributed by atoms with van der Waals surface area (Å²) >= 11 is 0. The van der Waals surface area contributed by atoms with Gasteiger partial charge in [-0.3, -0.25) is 0 Å². The lowest BCUT2D eigenvalue weighted by Crippen LogP contribution is -2.14. The van der Waals surface area contributed by atoms with Crippen LogP contribution in [0, 0.1) is 6.92 Å². The van der Waals surface area contributed by atoms with Gasteiger partial charge in [-0.15, -0.1) is 0 Å². The molecular weight excluding hydrogens is 222 g/mol. The summed E-state index contributed by atoms with van der Waals surface area (Å²) in [5, 5.41) is 3.42. The highest BCUT2D eigenvalue weighted by molar-refractivity contribution is 5.19. The molecule has 1 aliphatic rings. The third-order valence-electron chi connectivity index (χ3n) is 3.69. The summed E-state index contributed by atoms with van der Waals surface area (Å²) < 4.78 is 2.35. The van der Waals surface area contributed by atoms with Crippen LogP contribution >= 0.6 is 0 Å². The molecule has 1 N–H and O–H groups in total. The highest BCUT2D eigenvalue weighted by Gasteiger charge is 2.22. The Morgan fingerprint density at radius 1 is 1.33 bits per heavy atom. The monoisotopic (exact) mass is 241 g/mol. The van der Waals surface area contributed by atoms with E-state index in [0.29, 0.717) is 5.92 Å². The molecule has 0 saturated carbocycles. The van der Waals surface area contributed by atoms with Gasteiger partial charge < -0.3 is 9.88 Å². The minimum absolute atomic E-state index is 0.572. The fraction of sp³-hybridized carbons (Fsp3) is 0.400. The molecule has 1 fully saturated rings. The number of aromatic nitrogens is 2. The summed E-state index contributed by atoms with van der Waals surface area (Å²) in [6.07, 6.45) is 3.20. The first kappa shape index (κ1) is 11.5. The van der Waals surface area contributed by atoms with Crippen LogP contribution in [0.25, 0.3) is 0 Å². The maximum Gasteiger partial charge on any atom is 0.113 e. The van der Waals surface area contributed by atoms with Gasteiger partial charge in [0.05, 0.1) is 0 Å². The largest absolute Gasteiger partial charge is 0.328 e. The van der Waals surface area contributed by atoms with E-state index >= 15 is 0 Å². The predicted octanol–water partition coefficient (Wildman–Crippen LogP) is 2.32. The maximum absolute atomic E-state index is 4.62. The first-order valence-electron chi connectivity index (χ1n) is 6.61. The number of benzene rings is 1. The Bertz CT molecular complexity index is 510. The molecule has 0 amide bonds. The van der Waals surface area contributed by atoms with Gasteiger partial charge in [0.15, 0.2) is 0 Å². The van der Waals surface area contributed by atoms with Crippen molar-refractivity contribution >= 4 is 0 Å². The Morgan fingerprint density at radius 2 is 2.17 bits per heavy atom. The second-order valence-electron chi connectivity index (χ2n) is 5.02. The molecule has 0 bridgehead atoms. The van der Waals surface area contributed by atoms with Gasteiger partial charge in [-0.1, -0.05) is 30.3 Å². The van der Waals surface area contributed by atoms with E-state index in [4.69, 9.17) is 0 Å². The molecule has 0 spiro atoms. The number of hydrogen-bond donors (Lipinski definition) is 1. The minimum Gasteiger partial charge on any atom is -0.328 e. The van der Waals surface area contributed by atoms with Gasteiger partial charge in [0, 0.05) is 30.9 Å². The van der Waals surface area contributed by atoms with Crippen LogP contribution in [0.3, 0.4) is 0 Å². The first-order chi connectivity index (χ1) is 8.84. The van der Waals surface area contributed by atoms with Crippen molar-refractivity contribution in [3.63, 3.8) is 0 Å². The van der Waals surface area contributed by atoms with Gasteiger partial charge in [-0.05, 0) is 25.5 Å². The lowest BCUT2D eigenvalue weighted by Gasteiger charge is -2.14. The van der Waals surface area contributed by atoms with Gasteiger partial charge in [0.2, 0.25) is 0 Å².